The van der Waals surface area contributed by atoms with Crippen LogP contribution >= 0.6 is 15.9 Å². The number of benzene rings is 1. The molecule has 110 valence electrons. The molecule has 5 nitrogen and oxygen atoms in total. The van der Waals surface area contributed by atoms with Crippen LogP contribution in [0.1, 0.15) is 17.3 Å². The predicted molar refractivity (Wildman–Crippen MR) is 82.7 cm³/mol. The van der Waals surface area contributed by atoms with Crippen LogP contribution in [-0.4, -0.2) is 49.7 Å². The molecule has 1 heterocycles. The minimum absolute atomic E-state index is 0.0777. The average molecular weight is 342 g/mol. The van der Waals surface area contributed by atoms with Crippen molar-refractivity contribution >= 4 is 27.5 Å². The van der Waals surface area contributed by atoms with Gasteiger partial charge in [-0.05, 0) is 41.1 Å². The first-order valence-electron chi connectivity index (χ1n) is 6.72. The lowest BCUT2D eigenvalue weighted by atomic mass is 10.1. The summed E-state index contributed by atoms with van der Waals surface area (Å²) >= 11 is 3.38. The molecule has 1 fully saturated rings. The van der Waals surface area contributed by atoms with E-state index in [1.165, 1.54) is 0 Å². The highest BCUT2D eigenvalue weighted by Gasteiger charge is 2.17. The van der Waals surface area contributed by atoms with Gasteiger partial charge in [-0.15, -0.1) is 0 Å². The van der Waals surface area contributed by atoms with E-state index in [0.29, 0.717) is 11.3 Å². The minimum atomic E-state index is -0.107. The first-order chi connectivity index (χ1) is 9.56. The number of rotatable bonds is 4. The molecular formula is C14H20BrN3O2. The summed E-state index contributed by atoms with van der Waals surface area (Å²) < 4.78 is 6.06. The third-order valence-electron chi connectivity index (χ3n) is 3.25. The van der Waals surface area contributed by atoms with Gasteiger partial charge in [0.05, 0.1) is 18.8 Å². The molecule has 0 aromatic heterocycles. The maximum Gasteiger partial charge on any atom is 0.252 e. The van der Waals surface area contributed by atoms with Crippen molar-refractivity contribution in [3.63, 3.8) is 0 Å². The Balaban J connectivity index is 1.91. The number of amides is 1. The second-order valence-corrected chi connectivity index (χ2v) is 5.88. The molecule has 1 aromatic rings. The lowest BCUT2D eigenvalue weighted by molar-refractivity contribution is 0.0342. The third kappa shape index (κ3) is 4.19. The molecule has 1 saturated heterocycles. The van der Waals surface area contributed by atoms with Gasteiger partial charge in [0.15, 0.2) is 0 Å². The van der Waals surface area contributed by atoms with Crippen molar-refractivity contribution in [2.45, 2.75) is 13.0 Å². The van der Waals surface area contributed by atoms with E-state index in [-0.39, 0.29) is 11.9 Å². The average Bonchev–Trinajstić information content (AvgIpc) is 2.42. The van der Waals surface area contributed by atoms with Gasteiger partial charge in [0.1, 0.15) is 0 Å². The molecule has 1 amide bonds. The Kier molecular flexibility index (Phi) is 5.39. The Hall–Kier alpha value is -1.11. The Bertz CT molecular complexity index is 475. The van der Waals surface area contributed by atoms with E-state index in [4.69, 9.17) is 10.5 Å². The van der Waals surface area contributed by atoms with Crippen molar-refractivity contribution in [3.05, 3.63) is 28.2 Å². The number of nitrogens with two attached hydrogens (primary N) is 1. The molecule has 6 heteroatoms. The Morgan fingerprint density at radius 1 is 1.50 bits per heavy atom. The van der Waals surface area contributed by atoms with E-state index in [1.54, 1.807) is 18.2 Å². The zero-order valence-electron chi connectivity index (χ0n) is 11.6. The SMILES string of the molecule is CC(CN1CCOCC1)NC(=O)c1cc(N)ccc1Br. The first-order valence-corrected chi connectivity index (χ1v) is 7.51. The summed E-state index contributed by atoms with van der Waals surface area (Å²) in [6, 6.07) is 5.31. The van der Waals surface area contributed by atoms with E-state index < -0.39 is 0 Å². The monoisotopic (exact) mass is 341 g/mol. The fourth-order valence-electron chi connectivity index (χ4n) is 2.24. The molecule has 1 aliphatic heterocycles. The Labute approximate surface area is 127 Å². The number of carbonyl (C=O) groups is 1. The second-order valence-electron chi connectivity index (χ2n) is 5.03. The first kappa shape index (κ1) is 15.3. The van der Waals surface area contributed by atoms with Gasteiger partial charge in [-0.25, -0.2) is 0 Å². The van der Waals surface area contributed by atoms with E-state index in [0.717, 1.165) is 37.3 Å². The van der Waals surface area contributed by atoms with Crippen LogP contribution in [0.2, 0.25) is 0 Å². The lowest BCUT2D eigenvalue weighted by Gasteiger charge is -2.29. The zero-order valence-corrected chi connectivity index (χ0v) is 13.1. The number of nitrogen functional groups attached to an aromatic ring is 1. The van der Waals surface area contributed by atoms with Gasteiger partial charge >= 0.3 is 0 Å². The van der Waals surface area contributed by atoms with Crippen LogP contribution in [0.15, 0.2) is 22.7 Å². The quantitative estimate of drug-likeness (QED) is 0.814. The van der Waals surface area contributed by atoms with Crippen LogP contribution in [0, 0.1) is 0 Å². The smallest absolute Gasteiger partial charge is 0.252 e. The predicted octanol–water partition coefficient (Wildman–Crippen LogP) is 1.48. The number of nitrogens with one attached hydrogen (secondary N) is 1. The van der Waals surface area contributed by atoms with E-state index >= 15 is 0 Å². The summed E-state index contributed by atoms with van der Waals surface area (Å²) in [7, 11) is 0. The zero-order chi connectivity index (χ0) is 14.5. The number of anilines is 1. The van der Waals surface area contributed by atoms with Gasteiger partial charge < -0.3 is 15.8 Å². The molecule has 1 aliphatic rings. The number of hydrogen-bond acceptors (Lipinski definition) is 4. The van der Waals surface area contributed by atoms with Crippen LogP contribution in [-0.2, 0) is 4.74 Å². The van der Waals surface area contributed by atoms with Crippen LogP contribution in [0.3, 0.4) is 0 Å². The van der Waals surface area contributed by atoms with Gasteiger partial charge in [-0.2, -0.15) is 0 Å². The molecule has 0 saturated carbocycles. The van der Waals surface area contributed by atoms with Crippen LogP contribution in [0.25, 0.3) is 0 Å². The van der Waals surface area contributed by atoms with Crippen LogP contribution < -0.4 is 11.1 Å². The molecule has 1 atom stereocenters. The summed E-state index contributed by atoms with van der Waals surface area (Å²) in [6.07, 6.45) is 0. The number of halogens is 1. The topological polar surface area (TPSA) is 67.6 Å². The number of ether oxygens (including phenoxy) is 1. The van der Waals surface area contributed by atoms with E-state index in [9.17, 15) is 4.79 Å². The summed E-state index contributed by atoms with van der Waals surface area (Å²) in [5.41, 5.74) is 6.87. The second kappa shape index (κ2) is 7.06. The maximum absolute atomic E-state index is 12.2. The molecule has 0 aliphatic carbocycles. The number of hydrogen-bond donors (Lipinski definition) is 2. The summed E-state index contributed by atoms with van der Waals surface area (Å²) in [5, 5.41) is 3.00. The van der Waals surface area contributed by atoms with Crippen molar-refractivity contribution in [2.75, 3.05) is 38.6 Å². The molecule has 1 aromatic carbocycles. The number of carbonyl (C=O) groups excluding carboxylic acids is 1. The molecule has 20 heavy (non-hydrogen) atoms. The van der Waals surface area contributed by atoms with Gasteiger partial charge in [0.2, 0.25) is 0 Å². The third-order valence-corrected chi connectivity index (χ3v) is 3.94. The molecule has 2 rings (SSSR count). The van der Waals surface area contributed by atoms with Gasteiger partial charge in [0.25, 0.3) is 5.91 Å². The standard InChI is InChI=1S/C14H20BrN3O2/c1-10(9-18-4-6-20-7-5-18)17-14(19)12-8-11(16)2-3-13(12)15/h2-3,8,10H,4-7,9,16H2,1H3,(H,17,19). The van der Waals surface area contributed by atoms with Crippen LogP contribution in [0.5, 0.6) is 0 Å². The highest BCUT2D eigenvalue weighted by molar-refractivity contribution is 9.10. The van der Waals surface area contributed by atoms with Gasteiger partial charge in [-0.1, -0.05) is 0 Å². The number of morpholine rings is 1. The normalized spacial score (nSPS) is 17.7. The molecule has 1 unspecified atom stereocenters. The summed E-state index contributed by atoms with van der Waals surface area (Å²) in [4.78, 5) is 14.5. The van der Waals surface area contributed by atoms with Crippen molar-refractivity contribution in [2.24, 2.45) is 0 Å². The fraction of sp³-hybridized carbons (Fsp3) is 0.500. The van der Waals surface area contributed by atoms with Gasteiger partial charge in [0, 0.05) is 35.8 Å². The highest BCUT2D eigenvalue weighted by atomic mass is 79.9. The van der Waals surface area contributed by atoms with Crippen LogP contribution in [0.4, 0.5) is 5.69 Å². The molecule has 0 bridgehead atoms. The molecule has 3 N–H and O–H groups in total. The maximum atomic E-state index is 12.2. The molecule has 0 radical (unpaired) electrons. The van der Waals surface area contributed by atoms with Crippen molar-refractivity contribution in [3.8, 4) is 0 Å². The van der Waals surface area contributed by atoms with Crippen molar-refractivity contribution < 1.29 is 9.53 Å². The molecule has 0 spiro atoms. The summed E-state index contributed by atoms with van der Waals surface area (Å²) in [6.45, 7) is 6.20. The largest absolute Gasteiger partial charge is 0.399 e. The summed E-state index contributed by atoms with van der Waals surface area (Å²) in [5.74, 6) is -0.107. The Morgan fingerprint density at radius 2 is 2.20 bits per heavy atom. The highest BCUT2D eigenvalue weighted by Crippen LogP contribution is 2.19. The van der Waals surface area contributed by atoms with E-state index in [1.807, 2.05) is 6.92 Å². The number of nitrogens with zero attached hydrogens (tertiary/aromatic N) is 1. The van der Waals surface area contributed by atoms with Crippen molar-refractivity contribution in [1.29, 1.82) is 0 Å². The lowest BCUT2D eigenvalue weighted by Crippen LogP contribution is -2.46. The fourth-order valence-corrected chi connectivity index (χ4v) is 2.66. The van der Waals surface area contributed by atoms with Crippen molar-refractivity contribution in [1.82, 2.24) is 10.2 Å². The molecular weight excluding hydrogens is 322 g/mol. The Morgan fingerprint density at radius 3 is 2.90 bits per heavy atom. The minimum Gasteiger partial charge on any atom is -0.399 e. The van der Waals surface area contributed by atoms with E-state index in [2.05, 4.69) is 26.1 Å². The van der Waals surface area contributed by atoms with Gasteiger partial charge in [-0.3, -0.25) is 9.69 Å².